The summed E-state index contributed by atoms with van der Waals surface area (Å²) in [5.41, 5.74) is 1.17. The van der Waals surface area contributed by atoms with Gasteiger partial charge in [0.25, 0.3) is 0 Å². The van der Waals surface area contributed by atoms with E-state index in [0.717, 1.165) is 39.2 Å². The topological polar surface area (TPSA) is 34.1 Å². The smallest absolute Gasteiger partial charge is 0.104 e. The van der Waals surface area contributed by atoms with E-state index in [0.29, 0.717) is 6.10 Å². The van der Waals surface area contributed by atoms with Gasteiger partial charge >= 0.3 is 0 Å². The Morgan fingerprint density at radius 2 is 2.06 bits per heavy atom. The van der Waals surface area contributed by atoms with Crippen molar-refractivity contribution in [2.24, 2.45) is 4.99 Å². The summed E-state index contributed by atoms with van der Waals surface area (Å²) in [7, 11) is 0. The summed E-state index contributed by atoms with van der Waals surface area (Å²) in [6, 6.07) is 10.2. The Hall–Kier alpha value is -1.19. The molecule has 2 rings (SSSR count). The largest absolute Gasteiger partial charge is 0.379 e. The molecule has 3 nitrogen and oxygen atoms in total. The van der Waals surface area contributed by atoms with E-state index in [1.54, 1.807) is 0 Å². The summed E-state index contributed by atoms with van der Waals surface area (Å²) in [5, 5.41) is 0. The first kappa shape index (κ1) is 13.2. The average molecular weight is 247 g/mol. The minimum absolute atomic E-state index is 0.389. The molecule has 1 aliphatic heterocycles. The van der Waals surface area contributed by atoms with E-state index in [1.807, 2.05) is 24.4 Å². The molecule has 1 saturated heterocycles. The van der Waals surface area contributed by atoms with Gasteiger partial charge in [-0.05, 0) is 24.8 Å². The van der Waals surface area contributed by atoms with E-state index >= 15 is 0 Å². The molecule has 0 amide bonds. The normalized spacial score (nSPS) is 18.3. The Kier molecular flexibility index (Phi) is 5.89. The van der Waals surface area contributed by atoms with E-state index in [9.17, 15) is 0 Å². The van der Waals surface area contributed by atoms with Gasteiger partial charge in [-0.3, -0.25) is 4.99 Å². The van der Waals surface area contributed by atoms with Crippen LogP contribution in [0.2, 0.25) is 0 Å². The lowest BCUT2D eigenvalue weighted by atomic mass is 10.2. The van der Waals surface area contributed by atoms with Crippen LogP contribution in [0.15, 0.2) is 35.3 Å². The molecule has 1 unspecified atom stereocenters. The van der Waals surface area contributed by atoms with Gasteiger partial charge in [0.2, 0.25) is 0 Å². The van der Waals surface area contributed by atoms with Gasteiger partial charge in [0, 0.05) is 19.4 Å². The summed E-state index contributed by atoms with van der Waals surface area (Å²) < 4.78 is 10.5. The molecule has 1 fully saturated rings. The van der Waals surface area contributed by atoms with Gasteiger partial charge in [0.15, 0.2) is 0 Å². The zero-order chi connectivity index (χ0) is 12.5. The molecule has 1 aliphatic rings. The highest BCUT2D eigenvalue weighted by atomic mass is 16.6. The van der Waals surface area contributed by atoms with Crippen LogP contribution >= 0.6 is 0 Å². The summed E-state index contributed by atoms with van der Waals surface area (Å²) in [6.07, 6.45) is 5.76. The van der Waals surface area contributed by atoms with E-state index in [2.05, 4.69) is 17.1 Å². The molecule has 0 bridgehead atoms. The molecule has 1 aromatic rings. The van der Waals surface area contributed by atoms with Gasteiger partial charge in [-0.1, -0.05) is 30.3 Å². The number of epoxide rings is 1. The van der Waals surface area contributed by atoms with Gasteiger partial charge in [-0.15, -0.1) is 0 Å². The fourth-order valence-electron chi connectivity index (χ4n) is 1.67. The highest BCUT2D eigenvalue weighted by molar-refractivity contribution is 5.79. The van der Waals surface area contributed by atoms with E-state index in [4.69, 9.17) is 9.47 Å². The molecular formula is C15H21NO2. The molecule has 1 heterocycles. The maximum Gasteiger partial charge on any atom is 0.104 e. The first-order valence-corrected chi connectivity index (χ1v) is 6.69. The van der Waals surface area contributed by atoms with Crippen LogP contribution in [-0.2, 0) is 9.47 Å². The van der Waals surface area contributed by atoms with Gasteiger partial charge in [-0.25, -0.2) is 0 Å². The second-order valence-corrected chi connectivity index (χ2v) is 4.54. The van der Waals surface area contributed by atoms with E-state index in [-0.39, 0.29) is 0 Å². The third-order valence-corrected chi connectivity index (χ3v) is 2.82. The molecule has 18 heavy (non-hydrogen) atoms. The number of rotatable bonds is 9. The third-order valence-electron chi connectivity index (χ3n) is 2.82. The Morgan fingerprint density at radius 3 is 2.83 bits per heavy atom. The molecule has 0 N–H and O–H groups in total. The van der Waals surface area contributed by atoms with Crippen LogP contribution in [0.1, 0.15) is 24.8 Å². The van der Waals surface area contributed by atoms with Crippen LogP contribution in [0.3, 0.4) is 0 Å². The maximum absolute atomic E-state index is 5.47. The van der Waals surface area contributed by atoms with Crippen LogP contribution in [-0.4, -0.2) is 38.7 Å². The van der Waals surface area contributed by atoms with Crippen molar-refractivity contribution in [3.8, 4) is 0 Å². The van der Waals surface area contributed by atoms with Gasteiger partial charge in [0.05, 0.1) is 13.2 Å². The molecule has 0 aromatic heterocycles. The van der Waals surface area contributed by atoms with Crippen LogP contribution in [0, 0.1) is 0 Å². The quantitative estimate of drug-likeness (QED) is 0.382. The average Bonchev–Trinajstić information content (AvgIpc) is 3.22. The van der Waals surface area contributed by atoms with Crippen molar-refractivity contribution in [1.82, 2.24) is 0 Å². The first-order valence-electron chi connectivity index (χ1n) is 6.69. The van der Waals surface area contributed by atoms with Crippen LogP contribution < -0.4 is 0 Å². The molecular weight excluding hydrogens is 226 g/mol. The van der Waals surface area contributed by atoms with Crippen molar-refractivity contribution >= 4 is 6.21 Å². The molecule has 1 atom stereocenters. The van der Waals surface area contributed by atoms with Gasteiger partial charge in [-0.2, -0.15) is 0 Å². The summed E-state index contributed by atoms with van der Waals surface area (Å²) in [6.45, 7) is 3.41. The fourth-order valence-corrected chi connectivity index (χ4v) is 1.67. The highest BCUT2D eigenvalue weighted by Gasteiger charge is 2.21. The second-order valence-electron chi connectivity index (χ2n) is 4.54. The van der Waals surface area contributed by atoms with E-state index in [1.165, 1.54) is 12.0 Å². The SMILES string of the molecule is C(=NCCCCCOCC1CO1)c1ccccc1. The molecule has 0 saturated carbocycles. The minimum atomic E-state index is 0.389. The van der Waals surface area contributed by atoms with Crippen molar-refractivity contribution in [2.75, 3.05) is 26.4 Å². The number of hydrogen-bond acceptors (Lipinski definition) is 3. The first-order chi connectivity index (χ1) is 8.95. The standard InChI is InChI=1S/C15H21NO2/c1-3-7-14(8-4-1)11-16-9-5-2-6-10-17-12-15-13-18-15/h1,3-4,7-8,11,15H,2,5-6,9-10,12-13H2. The predicted molar refractivity (Wildman–Crippen MR) is 73.3 cm³/mol. The number of unbranched alkanes of at least 4 members (excludes halogenated alkanes) is 2. The minimum Gasteiger partial charge on any atom is -0.379 e. The zero-order valence-electron chi connectivity index (χ0n) is 10.8. The van der Waals surface area contributed by atoms with Crippen LogP contribution in [0.4, 0.5) is 0 Å². The second kappa shape index (κ2) is 8.01. The molecule has 0 radical (unpaired) electrons. The molecule has 0 aliphatic carbocycles. The molecule has 98 valence electrons. The lowest BCUT2D eigenvalue weighted by Gasteiger charge is -2.01. The third kappa shape index (κ3) is 5.94. The summed E-state index contributed by atoms with van der Waals surface area (Å²) in [4.78, 5) is 4.41. The van der Waals surface area contributed by atoms with Crippen molar-refractivity contribution in [3.63, 3.8) is 0 Å². The maximum atomic E-state index is 5.47. The van der Waals surface area contributed by atoms with Crippen molar-refractivity contribution in [2.45, 2.75) is 25.4 Å². The van der Waals surface area contributed by atoms with Crippen molar-refractivity contribution in [3.05, 3.63) is 35.9 Å². The Bertz CT molecular complexity index is 347. The lowest BCUT2D eigenvalue weighted by Crippen LogP contribution is -2.02. The number of benzene rings is 1. The summed E-state index contributed by atoms with van der Waals surface area (Å²) in [5.74, 6) is 0. The Morgan fingerprint density at radius 1 is 1.22 bits per heavy atom. The monoisotopic (exact) mass is 247 g/mol. The van der Waals surface area contributed by atoms with Crippen molar-refractivity contribution < 1.29 is 9.47 Å². The summed E-state index contributed by atoms with van der Waals surface area (Å²) >= 11 is 0. The molecule has 1 aromatic carbocycles. The fraction of sp³-hybridized carbons (Fsp3) is 0.533. The number of nitrogens with zero attached hydrogens (tertiary/aromatic N) is 1. The predicted octanol–water partition coefficient (Wildman–Crippen LogP) is 2.69. The van der Waals surface area contributed by atoms with Crippen LogP contribution in [0.5, 0.6) is 0 Å². The Balaban J connectivity index is 1.42. The number of aliphatic imine (C=N–C) groups is 1. The van der Waals surface area contributed by atoms with E-state index < -0.39 is 0 Å². The zero-order valence-corrected chi connectivity index (χ0v) is 10.8. The van der Waals surface area contributed by atoms with Gasteiger partial charge < -0.3 is 9.47 Å². The van der Waals surface area contributed by atoms with Crippen LogP contribution in [0.25, 0.3) is 0 Å². The highest BCUT2D eigenvalue weighted by Crippen LogP contribution is 2.08. The number of hydrogen-bond donors (Lipinski definition) is 0. The number of ether oxygens (including phenoxy) is 2. The lowest BCUT2D eigenvalue weighted by molar-refractivity contribution is 0.113. The van der Waals surface area contributed by atoms with Gasteiger partial charge in [0.1, 0.15) is 6.10 Å². The Labute approximate surface area is 109 Å². The molecule has 3 heteroatoms. The molecule has 0 spiro atoms. The van der Waals surface area contributed by atoms with Crippen molar-refractivity contribution in [1.29, 1.82) is 0 Å².